The first kappa shape index (κ1) is 28.1. The van der Waals surface area contributed by atoms with Gasteiger partial charge in [0.15, 0.2) is 0 Å². The molecule has 0 saturated heterocycles. The van der Waals surface area contributed by atoms with Crippen molar-refractivity contribution in [3.05, 3.63) is 32.9 Å². The van der Waals surface area contributed by atoms with E-state index < -0.39 is 25.8 Å². The lowest BCUT2D eigenvalue weighted by Crippen LogP contribution is -2.04. The summed E-state index contributed by atoms with van der Waals surface area (Å²) in [6.07, 6.45) is 21.5. The summed E-state index contributed by atoms with van der Waals surface area (Å²) in [6.45, 7) is 2.27. The predicted molar refractivity (Wildman–Crippen MR) is 135 cm³/mol. The van der Waals surface area contributed by atoms with Crippen LogP contribution in [-0.2, 0) is 23.8 Å². The van der Waals surface area contributed by atoms with Crippen molar-refractivity contribution < 1.29 is 16.0 Å². The van der Waals surface area contributed by atoms with Crippen molar-refractivity contribution in [2.45, 2.75) is 122 Å². The van der Waals surface area contributed by atoms with Crippen LogP contribution in [0.15, 0.2) is 18.2 Å². The summed E-state index contributed by atoms with van der Waals surface area (Å²) in [5.74, 6) is -0.987. The summed E-state index contributed by atoms with van der Waals surface area (Å²) < 4.78 is 23.8. The summed E-state index contributed by atoms with van der Waals surface area (Å²) in [5, 5.41) is 9.00. The molecule has 0 aliphatic carbocycles. The van der Waals surface area contributed by atoms with Gasteiger partial charge in [0.2, 0.25) is 0 Å². The first-order valence-electron chi connectivity index (χ1n) is 12.4. The van der Waals surface area contributed by atoms with Crippen molar-refractivity contribution in [2.75, 3.05) is 0 Å². The largest absolute Gasteiger partial charge is 0.481 e. The van der Waals surface area contributed by atoms with E-state index in [2.05, 4.69) is 6.92 Å². The lowest BCUT2D eigenvalue weighted by Gasteiger charge is -2.08. The summed E-state index contributed by atoms with van der Waals surface area (Å²) >= 11 is -3.71. The number of carboxylic acid groups (broad SMARTS) is 1. The highest BCUT2D eigenvalue weighted by atomic mass is 127. The molecule has 0 aromatic heterocycles. The number of aliphatic carboxylic acids is 1. The molecule has 1 aromatic rings. The van der Waals surface area contributed by atoms with Crippen LogP contribution in [0.2, 0.25) is 0 Å². The van der Waals surface area contributed by atoms with Crippen LogP contribution in [0.1, 0.15) is 121 Å². The van der Waals surface area contributed by atoms with Crippen LogP contribution in [-0.4, -0.2) is 11.1 Å². The Balaban J connectivity index is 2.06. The zero-order valence-electron chi connectivity index (χ0n) is 19.5. The maximum atomic E-state index is 11.7. The molecule has 0 unspecified atom stereocenters. The van der Waals surface area contributed by atoms with Gasteiger partial charge in [-0.1, -0.05) is 121 Å². The second-order valence-electron chi connectivity index (χ2n) is 8.73. The van der Waals surface area contributed by atoms with E-state index in [1.807, 2.05) is 6.07 Å². The topological polar surface area (TPSA) is 71.4 Å². The van der Waals surface area contributed by atoms with Crippen LogP contribution in [0.3, 0.4) is 0 Å². The van der Waals surface area contributed by atoms with Crippen LogP contribution in [0.25, 0.3) is 0 Å². The van der Waals surface area contributed by atoms with Gasteiger partial charge in [-0.3, -0.25) is 4.79 Å². The summed E-state index contributed by atoms with van der Waals surface area (Å²) in [4.78, 5) is 11.0. The fourth-order valence-corrected chi connectivity index (χ4v) is 6.14. The minimum atomic E-state index is -3.71. The Morgan fingerprint density at radius 1 is 0.710 bits per heavy atom. The average Bonchev–Trinajstić information content (AvgIpc) is 2.73. The number of benzene rings is 1. The lowest BCUT2D eigenvalue weighted by molar-refractivity contribution is -0.136. The van der Waals surface area contributed by atoms with Crippen LogP contribution in [0.5, 0.6) is 0 Å². The van der Waals surface area contributed by atoms with Crippen molar-refractivity contribution in [3.63, 3.8) is 0 Å². The molecule has 0 fully saturated rings. The highest BCUT2D eigenvalue weighted by Crippen LogP contribution is 2.28. The third-order valence-electron chi connectivity index (χ3n) is 5.95. The molecule has 31 heavy (non-hydrogen) atoms. The normalized spacial score (nSPS) is 11.3. The number of rotatable bonds is 20. The third-order valence-corrected chi connectivity index (χ3v) is 8.22. The summed E-state index contributed by atoms with van der Waals surface area (Å²) in [5.41, 5.74) is 1.25. The molecule has 0 saturated carbocycles. The quantitative estimate of drug-likeness (QED) is 0.132. The van der Waals surface area contributed by atoms with Crippen LogP contribution in [0.4, 0.5) is 0 Å². The number of unbranched alkanes of at least 4 members (excludes halogenated alkanes) is 15. The summed E-state index contributed by atoms with van der Waals surface area (Å²) in [6, 6.07) is 5.25. The molecule has 1 N–H and O–H groups in total. The smallest absolute Gasteiger partial charge is 0.341 e. The van der Waals surface area contributed by atoms with Gasteiger partial charge in [0.05, 0.1) is 9.99 Å². The van der Waals surface area contributed by atoms with Crippen molar-refractivity contribution in [1.82, 2.24) is 0 Å². The molecule has 0 aliphatic rings. The van der Waals surface area contributed by atoms with Crippen molar-refractivity contribution >= 4 is 25.8 Å². The molecule has 4 nitrogen and oxygen atoms in total. The van der Waals surface area contributed by atoms with Gasteiger partial charge >= 0.3 is 25.8 Å². The average molecular weight is 547 g/mol. The number of hydrogen-bond donors (Lipinski definition) is 1. The van der Waals surface area contributed by atoms with Gasteiger partial charge in [0.25, 0.3) is 0 Å². The molecule has 0 spiro atoms. The van der Waals surface area contributed by atoms with Crippen LogP contribution < -0.4 is 0 Å². The molecule has 0 amide bonds. The molecular formula is C26H43IO4. The number of carboxylic acids is 1. The Morgan fingerprint density at radius 3 is 1.55 bits per heavy atom. The first-order chi connectivity index (χ1) is 15.1. The Bertz CT molecular complexity index is 674. The minimum Gasteiger partial charge on any atom is -0.481 e. The molecule has 0 bridgehead atoms. The first-order valence-corrected chi connectivity index (χ1v) is 15.3. The second-order valence-corrected chi connectivity index (χ2v) is 11.1. The number of aryl methyl sites for hydroxylation is 1. The van der Waals surface area contributed by atoms with E-state index in [9.17, 15) is 10.9 Å². The van der Waals surface area contributed by atoms with E-state index in [4.69, 9.17) is 5.11 Å². The molecule has 5 heteroatoms. The van der Waals surface area contributed by atoms with E-state index in [0.29, 0.717) is 9.13 Å². The molecule has 178 valence electrons. The highest BCUT2D eigenvalue weighted by molar-refractivity contribution is 14.2. The second kappa shape index (κ2) is 18.6. The van der Waals surface area contributed by atoms with E-state index in [-0.39, 0.29) is 6.42 Å². The Hall–Kier alpha value is -0.980. The molecule has 0 atom stereocenters. The minimum absolute atomic E-state index is 0.222. The standard InChI is InChI=1S/C26H43IO4/c1-2-3-4-5-6-7-8-9-10-11-12-13-14-15-16-17-19-23-20-18-21-24(22-25(28)29)26(23)27(30)31/h18,20-21H,2-17,19,22H2,1H3,(H,28,29). The maximum Gasteiger partial charge on any atom is 0.341 e. The molecule has 0 heterocycles. The molecule has 0 aliphatic heterocycles. The SMILES string of the molecule is CCCCCCCCCCCCCCCCCCc1cccc(CC(=O)O)c1I(=O)=O. The van der Waals surface area contributed by atoms with Crippen LogP contribution >= 0.6 is 19.8 Å². The predicted octanol–water partition coefficient (Wildman–Crippen LogP) is 8.48. The van der Waals surface area contributed by atoms with Crippen molar-refractivity contribution in [1.29, 1.82) is 0 Å². The fraction of sp³-hybridized carbons (Fsp3) is 0.731. The van der Waals surface area contributed by atoms with E-state index in [0.717, 1.165) is 24.8 Å². The van der Waals surface area contributed by atoms with E-state index >= 15 is 0 Å². The van der Waals surface area contributed by atoms with E-state index in [1.165, 1.54) is 89.9 Å². The van der Waals surface area contributed by atoms with Gasteiger partial charge in [-0.2, -0.15) is 0 Å². The Labute approximate surface area is 196 Å². The van der Waals surface area contributed by atoms with Gasteiger partial charge in [0, 0.05) is 0 Å². The Kier molecular flexibility index (Phi) is 16.8. The molecule has 1 rings (SSSR count). The fourth-order valence-electron chi connectivity index (χ4n) is 4.19. The number of hydrogen-bond acceptors (Lipinski definition) is 3. The molecular weight excluding hydrogens is 503 g/mol. The van der Waals surface area contributed by atoms with Gasteiger partial charge in [-0.05, 0) is 24.0 Å². The summed E-state index contributed by atoms with van der Waals surface area (Å²) in [7, 11) is 0. The maximum absolute atomic E-state index is 11.7. The van der Waals surface area contributed by atoms with Gasteiger partial charge in [-0.25, -0.2) is 6.14 Å². The monoisotopic (exact) mass is 546 g/mol. The number of halogens is 1. The van der Waals surface area contributed by atoms with Crippen LogP contribution in [0, 0.1) is 3.57 Å². The molecule has 1 aromatic carbocycles. The highest BCUT2D eigenvalue weighted by Gasteiger charge is 2.15. The zero-order valence-corrected chi connectivity index (χ0v) is 21.7. The Morgan fingerprint density at radius 2 is 1.13 bits per heavy atom. The van der Waals surface area contributed by atoms with Gasteiger partial charge in [0.1, 0.15) is 0 Å². The van der Waals surface area contributed by atoms with E-state index in [1.54, 1.807) is 12.1 Å². The lowest BCUT2D eigenvalue weighted by atomic mass is 10.0. The number of carbonyl (C=O) groups is 1. The van der Waals surface area contributed by atoms with Crippen molar-refractivity contribution in [3.8, 4) is 0 Å². The zero-order chi connectivity index (χ0) is 22.7. The molecule has 0 radical (unpaired) electrons. The van der Waals surface area contributed by atoms with Gasteiger partial charge in [-0.15, -0.1) is 0 Å². The third kappa shape index (κ3) is 13.9. The van der Waals surface area contributed by atoms with Crippen molar-refractivity contribution in [2.24, 2.45) is 0 Å². The van der Waals surface area contributed by atoms with Gasteiger partial charge < -0.3 is 5.11 Å².